The van der Waals surface area contributed by atoms with E-state index < -0.39 is 0 Å². The first-order valence-electron chi connectivity index (χ1n) is 7.16. The molecule has 110 valence electrons. The minimum absolute atomic E-state index is 0.0602. The van der Waals surface area contributed by atoms with Crippen molar-refractivity contribution in [3.8, 4) is 0 Å². The van der Waals surface area contributed by atoms with Crippen LogP contribution in [0.15, 0.2) is 0 Å². The maximum Gasteiger partial charge on any atom is 0.272 e. The number of aliphatic hydroxyl groups excluding tert-OH is 1. The molecular formula is C14H21N3O3. The van der Waals surface area contributed by atoms with Crippen molar-refractivity contribution in [2.24, 2.45) is 5.41 Å². The lowest BCUT2D eigenvalue weighted by atomic mass is 9.99. The maximum absolute atomic E-state index is 12.3. The number of nitrogens with one attached hydrogen (secondary N) is 2. The highest BCUT2D eigenvalue weighted by atomic mass is 16.5. The fraction of sp³-hybridized carbons (Fsp3) is 0.714. The molecule has 0 bridgehead atoms. The summed E-state index contributed by atoms with van der Waals surface area (Å²) in [7, 11) is 0. The van der Waals surface area contributed by atoms with Gasteiger partial charge in [-0.25, -0.2) is 0 Å². The summed E-state index contributed by atoms with van der Waals surface area (Å²) in [6.45, 7) is 4.61. The normalized spacial score (nSPS) is 26.9. The van der Waals surface area contributed by atoms with E-state index in [2.05, 4.69) is 15.5 Å². The number of amides is 1. The van der Waals surface area contributed by atoms with E-state index in [1.165, 1.54) is 0 Å². The molecule has 1 aliphatic heterocycles. The number of nitrogens with zero attached hydrogens (tertiary/aromatic N) is 1. The van der Waals surface area contributed by atoms with E-state index >= 15 is 0 Å². The summed E-state index contributed by atoms with van der Waals surface area (Å²) >= 11 is 0. The highest BCUT2D eigenvalue weighted by molar-refractivity contribution is 5.94. The summed E-state index contributed by atoms with van der Waals surface area (Å²) in [6.07, 6.45) is 2.68. The molecule has 1 aromatic rings. The van der Waals surface area contributed by atoms with Crippen LogP contribution in [-0.4, -0.2) is 40.5 Å². The van der Waals surface area contributed by atoms with Gasteiger partial charge in [0.05, 0.1) is 24.5 Å². The van der Waals surface area contributed by atoms with Crippen molar-refractivity contribution in [1.82, 2.24) is 15.5 Å². The van der Waals surface area contributed by atoms with Crippen LogP contribution >= 0.6 is 0 Å². The number of aromatic nitrogens is 2. The number of rotatable bonds is 4. The van der Waals surface area contributed by atoms with Gasteiger partial charge in [0.1, 0.15) is 0 Å². The summed E-state index contributed by atoms with van der Waals surface area (Å²) < 4.78 is 5.71. The molecule has 2 heterocycles. The quantitative estimate of drug-likeness (QED) is 0.765. The topological polar surface area (TPSA) is 87.2 Å². The molecule has 3 N–H and O–H groups in total. The predicted octanol–water partition coefficient (Wildman–Crippen LogP) is 0.934. The Morgan fingerprint density at radius 2 is 2.30 bits per heavy atom. The highest BCUT2D eigenvalue weighted by Gasteiger charge is 2.42. The van der Waals surface area contributed by atoms with Gasteiger partial charge in [-0.05, 0) is 26.7 Å². The van der Waals surface area contributed by atoms with E-state index in [1.807, 2.05) is 13.8 Å². The molecule has 1 aliphatic carbocycles. The molecule has 0 unspecified atom stereocenters. The first kappa shape index (κ1) is 13.6. The van der Waals surface area contributed by atoms with Gasteiger partial charge in [0.25, 0.3) is 5.91 Å². The number of hydrogen-bond donors (Lipinski definition) is 3. The van der Waals surface area contributed by atoms with Crippen molar-refractivity contribution in [3.05, 3.63) is 17.0 Å². The van der Waals surface area contributed by atoms with Crippen LogP contribution in [0.2, 0.25) is 0 Å². The van der Waals surface area contributed by atoms with Crippen molar-refractivity contribution >= 4 is 5.91 Å². The molecule has 1 aromatic heterocycles. The Kier molecular flexibility index (Phi) is 3.30. The Morgan fingerprint density at radius 3 is 2.95 bits per heavy atom. The average molecular weight is 279 g/mol. The second-order valence-corrected chi connectivity index (χ2v) is 6.10. The van der Waals surface area contributed by atoms with Crippen molar-refractivity contribution < 1.29 is 14.6 Å². The van der Waals surface area contributed by atoms with Crippen molar-refractivity contribution in [1.29, 1.82) is 0 Å². The van der Waals surface area contributed by atoms with Gasteiger partial charge < -0.3 is 15.2 Å². The second-order valence-electron chi connectivity index (χ2n) is 6.10. The first-order chi connectivity index (χ1) is 9.54. The molecule has 6 heteroatoms. The minimum Gasteiger partial charge on any atom is -0.396 e. The standard InChI is InChI=1S/C14H21N3O3/c1-8-5-10-11(9(2)20-8)16-17-12(10)13(19)15-6-14(7-18)3-4-14/h8-9,18H,3-7H2,1-2H3,(H,15,19)(H,16,17)/t8-,9+/m1/s1. The summed E-state index contributed by atoms with van der Waals surface area (Å²) in [4.78, 5) is 12.3. The van der Waals surface area contributed by atoms with E-state index in [9.17, 15) is 9.90 Å². The monoisotopic (exact) mass is 279 g/mol. The smallest absolute Gasteiger partial charge is 0.272 e. The number of aliphatic hydroxyl groups is 1. The number of H-pyrrole nitrogens is 1. The van der Waals surface area contributed by atoms with Crippen LogP contribution in [0.5, 0.6) is 0 Å². The van der Waals surface area contributed by atoms with Crippen LogP contribution in [0.1, 0.15) is 54.5 Å². The van der Waals surface area contributed by atoms with Crippen LogP contribution in [0.4, 0.5) is 0 Å². The number of fused-ring (bicyclic) bond motifs is 1. The highest BCUT2D eigenvalue weighted by Crippen LogP contribution is 2.44. The van der Waals surface area contributed by atoms with Gasteiger partial charge in [-0.15, -0.1) is 0 Å². The molecule has 2 atom stereocenters. The minimum atomic E-state index is -0.163. The van der Waals surface area contributed by atoms with Crippen molar-refractivity contribution in [2.75, 3.05) is 13.2 Å². The fourth-order valence-electron chi connectivity index (χ4n) is 2.78. The number of ether oxygens (including phenoxy) is 1. The third kappa shape index (κ3) is 2.33. The predicted molar refractivity (Wildman–Crippen MR) is 72.3 cm³/mol. The lowest BCUT2D eigenvalue weighted by Crippen LogP contribution is -2.33. The third-order valence-electron chi connectivity index (χ3n) is 4.37. The Morgan fingerprint density at radius 1 is 1.55 bits per heavy atom. The Balaban J connectivity index is 1.72. The van der Waals surface area contributed by atoms with Crippen LogP contribution in [-0.2, 0) is 11.2 Å². The maximum atomic E-state index is 12.3. The Hall–Kier alpha value is -1.40. The SMILES string of the molecule is C[C@@H]1Cc2c(C(=O)NCC3(CO)CC3)n[nH]c2[C@H](C)O1. The van der Waals surface area contributed by atoms with E-state index in [0.717, 1.165) is 24.1 Å². The van der Waals surface area contributed by atoms with E-state index in [4.69, 9.17) is 4.74 Å². The van der Waals surface area contributed by atoms with Crippen LogP contribution in [0.25, 0.3) is 0 Å². The summed E-state index contributed by atoms with van der Waals surface area (Å²) in [5.41, 5.74) is 2.24. The van der Waals surface area contributed by atoms with Gasteiger partial charge in [0, 0.05) is 23.9 Å². The lowest BCUT2D eigenvalue weighted by Gasteiger charge is -2.25. The second kappa shape index (κ2) is 4.86. The zero-order chi connectivity index (χ0) is 14.3. The van der Waals surface area contributed by atoms with Crippen LogP contribution in [0, 0.1) is 5.41 Å². The van der Waals surface area contributed by atoms with Crippen molar-refractivity contribution in [2.45, 2.75) is 45.3 Å². The zero-order valence-corrected chi connectivity index (χ0v) is 11.9. The third-order valence-corrected chi connectivity index (χ3v) is 4.37. The molecule has 0 radical (unpaired) electrons. The van der Waals surface area contributed by atoms with Crippen molar-refractivity contribution in [3.63, 3.8) is 0 Å². The van der Waals surface area contributed by atoms with E-state index in [1.54, 1.807) is 0 Å². The van der Waals surface area contributed by atoms with Gasteiger partial charge in [0.2, 0.25) is 0 Å². The summed E-state index contributed by atoms with van der Waals surface area (Å²) in [5, 5.41) is 19.2. The number of carbonyl (C=O) groups excluding carboxylic acids is 1. The van der Waals surface area contributed by atoms with Gasteiger partial charge >= 0.3 is 0 Å². The zero-order valence-electron chi connectivity index (χ0n) is 11.9. The largest absolute Gasteiger partial charge is 0.396 e. The van der Waals surface area contributed by atoms with Gasteiger partial charge in [0.15, 0.2) is 5.69 Å². The molecule has 0 saturated heterocycles. The number of aromatic amines is 1. The van der Waals surface area contributed by atoms with Gasteiger partial charge in [-0.1, -0.05) is 0 Å². The molecule has 2 aliphatic rings. The fourth-order valence-corrected chi connectivity index (χ4v) is 2.78. The lowest BCUT2D eigenvalue weighted by molar-refractivity contribution is -0.00697. The molecule has 20 heavy (non-hydrogen) atoms. The van der Waals surface area contributed by atoms with E-state index in [-0.39, 0.29) is 30.1 Å². The molecule has 3 rings (SSSR count). The Bertz CT molecular complexity index is 522. The number of carbonyl (C=O) groups is 1. The molecule has 1 saturated carbocycles. The van der Waals surface area contributed by atoms with Crippen LogP contribution < -0.4 is 5.32 Å². The van der Waals surface area contributed by atoms with E-state index in [0.29, 0.717) is 18.7 Å². The Labute approximate surface area is 117 Å². The summed E-state index contributed by atoms with van der Waals surface area (Å²) in [5.74, 6) is -0.163. The molecule has 6 nitrogen and oxygen atoms in total. The summed E-state index contributed by atoms with van der Waals surface area (Å²) in [6, 6.07) is 0. The van der Waals surface area contributed by atoms with Crippen LogP contribution in [0.3, 0.4) is 0 Å². The molecule has 1 fully saturated rings. The average Bonchev–Trinajstić information content (AvgIpc) is 3.08. The molecule has 0 aromatic carbocycles. The molecular weight excluding hydrogens is 258 g/mol. The first-order valence-corrected chi connectivity index (χ1v) is 7.16. The molecule has 1 amide bonds. The molecule has 0 spiro atoms. The van der Waals surface area contributed by atoms with Gasteiger partial charge in [-0.2, -0.15) is 5.10 Å². The number of hydrogen-bond acceptors (Lipinski definition) is 4. The van der Waals surface area contributed by atoms with Gasteiger partial charge in [-0.3, -0.25) is 9.89 Å².